The van der Waals surface area contributed by atoms with Crippen molar-refractivity contribution in [2.75, 3.05) is 7.11 Å². The SMILES string of the molecule is COc1ccc2c(c1)c(CCC(C)N)cn2C. The minimum atomic E-state index is 0.246. The number of hydrogen-bond donors (Lipinski definition) is 1. The van der Waals surface area contributed by atoms with Gasteiger partial charge in [0, 0.05) is 30.2 Å². The van der Waals surface area contributed by atoms with Gasteiger partial charge in [-0.2, -0.15) is 0 Å². The maximum Gasteiger partial charge on any atom is 0.119 e. The second kappa shape index (κ2) is 4.80. The van der Waals surface area contributed by atoms with Gasteiger partial charge in [0.25, 0.3) is 0 Å². The van der Waals surface area contributed by atoms with Crippen molar-refractivity contribution in [3.8, 4) is 5.75 Å². The predicted molar refractivity (Wildman–Crippen MR) is 71.4 cm³/mol. The second-order valence-corrected chi connectivity index (χ2v) is 4.66. The van der Waals surface area contributed by atoms with Gasteiger partial charge in [-0.3, -0.25) is 0 Å². The Morgan fingerprint density at radius 2 is 2.18 bits per heavy atom. The van der Waals surface area contributed by atoms with E-state index < -0.39 is 0 Å². The van der Waals surface area contributed by atoms with Crippen molar-refractivity contribution < 1.29 is 4.74 Å². The van der Waals surface area contributed by atoms with Crippen LogP contribution in [0.4, 0.5) is 0 Å². The van der Waals surface area contributed by atoms with Crippen LogP contribution in [0.25, 0.3) is 10.9 Å². The van der Waals surface area contributed by atoms with Crippen LogP contribution in [0.3, 0.4) is 0 Å². The zero-order valence-corrected chi connectivity index (χ0v) is 10.7. The third-order valence-corrected chi connectivity index (χ3v) is 3.15. The molecule has 2 N–H and O–H groups in total. The maximum absolute atomic E-state index is 5.82. The van der Waals surface area contributed by atoms with Gasteiger partial charge in [0.2, 0.25) is 0 Å². The predicted octanol–water partition coefficient (Wildman–Crippen LogP) is 2.47. The first-order valence-corrected chi connectivity index (χ1v) is 5.99. The highest BCUT2D eigenvalue weighted by Gasteiger charge is 2.08. The van der Waals surface area contributed by atoms with Crippen LogP contribution in [0.1, 0.15) is 18.9 Å². The first-order valence-electron chi connectivity index (χ1n) is 5.99. The molecule has 2 aromatic rings. The Morgan fingerprint density at radius 1 is 1.41 bits per heavy atom. The summed E-state index contributed by atoms with van der Waals surface area (Å²) in [6.45, 7) is 2.05. The van der Waals surface area contributed by atoms with E-state index in [2.05, 4.69) is 29.9 Å². The average Bonchev–Trinajstić information content (AvgIpc) is 2.63. The van der Waals surface area contributed by atoms with Crippen LogP contribution >= 0.6 is 0 Å². The van der Waals surface area contributed by atoms with Crippen LogP contribution in [0.2, 0.25) is 0 Å². The molecule has 1 heterocycles. The summed E-state index contributed by atoms with van der Waals surface area (Å²) in [4.78, 5) is 0. The Balaban J connectivity index is 2.40. The van der Waals surface area contributed by atoms with E-state index in [1.54, 1.807) is 7.11 Å². The lowest BCUT2D eigenvalue weighted by molar-refractivity contribution is 0.415. The molecule has 1 atom stereocenters. The number of hydrogen-bond acceptors (Lipinski definition) is 2. The molecule has 0 radical (unpaired) electrons. The summed E-state index contributed by atoms with van der Waals surface area (Å²) in [5.74, 6) is 0.908. The number of methoxy groups -OCH3 is 1. The molecule has 17 heavy (non-hydrogen) atoms. The van der Waals surface area contributed by atoms with E-state index in [1.807, 2.05) is 13.0 Å². The summed E-state index contributed by atoms with van der Waals surface area (Å²) in [7, 11) is 3.77. The molecular formula is C14H20N2O. The number of rotatable bonds is 4. The van der Waals surface area contributed by atoms with Gasteiger partial charge in [0.1, 0.15) is 5.75 Å². The van der Waals surface area contributed by atoms with Crippen molar-refractivity contribution in [2.24, 2.45) is 12.8 Å². The molecule has 1 aromatic carbocycles. The molecule has 92 valence electrons. The number of benzene rings is 1. The zero-order chi connectivity index (χ0) is 12.4. The molecule has 2 rings (SSSR count). The topological polar surface area (TPSA) is 40.2 Å². The van der Waals surface area contributed by atoms with Gasteiger partial charge < -0.3 is 15.0 Å². The third-order valence-electron chi connectivity index (χ3n) is 3.15. The summed E-state index contributed by atoms with van der Waals surface area (Å²) in [6, 6.07) is 6.45. The molecule has 0 aliphatic rings. The Hall–Kier alpha value is -1.48. The van der Waals surface area contributed by atoms with Crippen molar-refractivity contribution in [2.45, 2.75) is 25.8 Å². The fraction of sp³-hybridized carbons (Fsp3) is 0.429. The molecule has 0 bridgehead atoms. The molecule has 0 amide bonds. The van der Waals surface area contributed by atoms with Crippen LogP contribution in [-0.4, -0.2) is 17.7 Å². The van der Waals surface area contributed by atoms with Crippen molar-refractivity contribution in [3.05, 3.63) is 30.0 Å². The lowest BCUT2D eigenvalue weighted by Gasteiger charge is -2.04. The van der Waals surface area contributed by atoms with Gasteiger partial charge in [0.15, 0.2) is 0 Å². The highest BCUT2D eigenvalue weighted by atomic mass is 16.5. The molecule has 0 aliphatic carbocycles. The van der Waals surface area contributed by atoms with E-state index in [4.69, 9.17) is 10.5 Å². The number of nitrogens with zero attached hydrogens (tertiary/aromatic N) is 1. The first-order chi connectivity index (χ1) is 8.11. The highest BCUT2D eigenvalue weighted by Crippen LogP contribution is 2.26. The maximum atomic E-state index is 5.82. The van der Waals surface area contributed by atoms with Crippen LogP contribution in [0.15, 0.2) is 24.4 Å². The molecule has 0 spiro atoms. The van der Waals surface area contributed by atoms with Gasteiger partial charge in [-0.25, -0.2) is 0 Å². The lowest BCUT2D eigenvalue weighted by atomic mass is 10.1. The van der Waals surface area contributed by atoms with Crippen molar-refractivity contribution in [1.82, 2.24) is 4.57 Å². The largest absolute Gasteiger partial charge is 0.497 e. The molecule has 1 unspecified atom stereocenters. The van der Waals surface area contributed by atoms with Crippen LogP contribution in [-0.2, 0) is 13.5 Å². The molecule has 0 aliphatic heterocycles. The summed E-state index contributed by atoms with van der Waals surface area (Å²) >= 11 is 0. The van der Waals surface area contributed by atoms with E-state index in [0.29, 0.717) is 0 Å². The van der Waals surface area contributed by atoms with Crippen LogP contribution < -0.4 is 10.5 Å². The monoisotopic (exact) mass is 232 g/mol. The minimum Gasteiger partial charge on any atom is -0.497 e. The van der Waals surface area contributed by atoms with E-state index in [0.717, 1.165) is 18.6 Å². The minimum absolute atomic E-state index is 0.246. The Morgan fingerprint density at radius 3 is 2.82 bits per heavy atom. The summed E-state index contributed by atoms with van der Waals surface area (Å²) < 4.78 is 7.44. The number of aromatic nitrogens is 1. The van der Waals surface area contributed by atoms with Gasteiger partial charge in [-0.15, -0.1) is 0 Å². The Labute approximate surface area is 102 Å². The Kier molecular flexibility index (Phi) is 3.38. The Bertz CT molecular complexity index is 514. The number of ether oxygens (including phenoxy) is 1. The average molecular weight is 232 g/mol. The van der Waals surface area contributed by atoms with E-state index in [-0.39, 0.29) is 6.04 Å². The van der Waals surface area contributed by atoms with Crippen molar-refractivity contribution in [1.29, 1.82) is 0 Å². The van der Waals surface area contributed by atoms with E-state index >= 15 is 0 Å². The van der Waals surface area contributed by atoms with Crippen LogP contribution in [0, 0.1) is 0 Å². The number of fused-ring (bicyclic) bond motifs is 1. The first kappa shape index (κ1) is 12.0. The van der Waals surface area contributed by atoms with E-state index in [9.17, 15) is 0 Å². The molecular weight excluding hydrogens is 212 g/mol. The van der Waals surface area contributed by atoms with Crippen molar-refractivity contribution in [3.63, 3.8) is 0 Å². The third kappa shape index (κ3) is 2.44. The normalized spacial score (nSPS) is 12.9. The fourth-order valence-corrected chi connectivity index (χ4v) is 2.16. The lowest BCUT2D eigenvalue weighted by Crippen LogP contribution is -2.15. The molecule has 0 fully saturated rings. The van der Waals surface area contributed by atoms with E-state index in [1.165, 1.54) is 16.5 Å². The summed E-state index contributed by atoms with van der Waals surface area (Å²) in [5, 5.41) is 1.27. The zero-order valence-electron chi connectivity index (χ0n) is 10.7. The molecule has 3 heteroatoms. The smallest absolute Gasteiger partial charge is 0.119 e. The van der Waals surface area contributed by atoms with Gasteiger partial charge in [-0.05, 0) is 43.5 Å². The quantitative estimate of drug-likeness (QED) is 0.879. The standard InChI is InChI=1S/C14H20N2O/c1-10(15)4-5-11-9-16(2)14-7-6-12(17-3)8-13(11)14/h6-10H,4-5,15H2,1-3H3. The van der Waals surface area contributed by atoms with Crippen molar-refractivity contribution >= 4 is 10.9 Å². The summed E-state index contributed by atoms with van der Waals surface area (Å²) in [6.07, 6.45) is 4.21. The number of aryl methyl sites for hydroxylation is 2. The molecule has 0 saturated carbocycles. The highest BCUT2D eigenvalue weighted by molar-refractivity contribution is 5.85. The van der Waals surface area contributed by atoms with Gasteiger partial charge in [0.05, 0.1) is 7.11 Å². The number of nitrogens with two attached hydrogens (primary N) is 1. The van der Waals surface area contributed by atoms with Gasteiger partial charge in [-0.1, -0.05) is 0 Å². The molecule has 1 aromatic heterocycles. The second-order valence-electron chi connectivity index (χ2n) is 4.66. The summed E-state index contributed by atoms with van der Waals surface area (Å²) in [5.41, 5.74) is 8.40. The molecule has 0 saturated heterocycles. The molecule has 3 nitrogen and oxygen atoms in total. The van der Waals surface area contributed by atoms with Crippen LogP contribution in [0.5, 0.6) is 5.75 Å². The fourth-order valence-electron chi connectivity index (χ4n) is 2.16. The van der Waals surface area contributed by atoms with Gasteiger partial charge >= 0.3 is 0 Å².